The van der Waals surface area contributed by atoms with Crippen molar-refractivity contribution in [2.24, 2.45) is 0 Å². The SMILES string of the molecule is O=S([O-])Cc1ccccc1NC1=Cc2ccccc2C1. The molecule has 3 nitrogen and oxygen atoms in total. The second-order valence-electron chi connectivity index (χ2n) is 4.78. The maximum Gasteiger partial charge on any atom is 0.0423 e. The summed E-state index contributed by atoms with van der Waals surface area (Å²) in [5, 5.41) is 3.35. The third-order valence-electron chi connectivity index (χ3n) is 3.35. The lowest BCUT2D eigenvalue weighted by molar-refractivity contribution is 0.536. The molecular weight excluding hydrogens is 270 g/mol. The molecule has 20 heavy (non-hydrogen) atoms. The van der Waals surface area contributed by atoms with E-state index < -0.39 is 11.1 Å². The lowest BCUT2D eigenvalue weighted by Gasteiger charge is -2.13. The van der Waals surface area contributed by atoms with Crippen molar-refractivity contribution in [3.05, 3.63) is 70.9 Å². The van der Waals surface area contributed by atoms with Gasteiger partial charge in [-0.25, -0.2) is 0 Å². The van der Waals surface area contributed by atoms with Crippen LogP contribution in [0.4, 0.5) is 5.69 Å². The highest BCUT2D eigenvalue weighted by molar-refractivity contribution is 7.78. The first-order valence-corrected chi connectivity index (χ1v) is 7.66. The van der Waals surface area contributed by atoms with Gasteiger partial charge in [-0.2, -0.15) is 0 Å². The fourth-order valence-electron chi connectivity index (χ4n) is 2.43. The Hall–Kier alpha value is -1.91. The number of benzene rings is 2. The number of fused-ring (bicyclic) bond motifs is 1. The van der Waals surface area contributed by atoms with E-state index in [0.29, 0.717) is 0 Å². The second-order valence-corrected chi connectivity index (χ2v) is 5.67. The van der Waals surface area contributed by atoms with Gasteiger partial charge in [0.2, 0.25) is 0 Å². The number of nitrogens with one attached hydrogen (secondary N) is 1. The molecular formula is C16H14NO2S-. The molecule has 2 aromatic rings. The molecule has 0 amide bonds. The number of allylic oxidation sites excluding steroid dienone is 1. The monoisotopic (exact) mass is 284 g/mol. The van der Waals surface area contributed by atoms with Gasteiger partial charge in [0.1, 0.15) is 0 Å². The zero-order valence-corrected chi connectivity index (χ0v) is 11.7. The summed E-state index contributed by atoms with van der Waals surface area (Å²) in [6.45, 7) is 0. The van der Waals surface area contributed by atoms with E-state index in [-0.39, 0.29) is 5.75 Å². The van der Waals surface area contributed by atoms with E-state index in [1.54, 1.807) is 0 Å². The molecule has 2 aromatic carbocycles. The molecule has 0 bridgehead atoms. The summed E-state index contributed by atoms with van der Waals surface area (Å²) in [7, 11) is 0. The van der Waals surface area contributed by atoms with E-state index in [0.717, 1.165) is 23.4 Å². The van der Waals surface area contributed by atoms with Crippen molar-refractivity contribution in [2.75, 3.05) is 5.32 Å². The zero-order chi connectivity index (χ0) is 13.9. The van der Waals surface area contributed by atoms with E-state index >= 15 is 0 Å². The van der Waals surface area contributed by atoms with Crippen LogP contribution in [-0.4, -0.2) is 8.76 Å². The van der Waals surface area contributed by atoms with Crippen molar-refractivity contribution in [2.45, 2.75) is 12.2 Å². The van der Waals surface area contributed by atoms with Crippen LogP contribution in [0.25, 0.3) is 6.08 Å². The summed E-state index contributed by atoms with van der Waals surface area (Å²) < 4.78 is 21.8. The fourth-order valence-corrected chi connectivity index (χ4v) is 2.93. The Balaban J connectivity index is 1.82. The molecule has 0 aromatic heterocycles. The van der Waals surface area contributed by atoms with Gasteiger partial charge < -0.3 is 9.87 Å². The van der Waals surface area contributed by atoms with Crippen LogP contribution in [0.2, 0.25) is 0 Å². The first-order chi connectivity index (χ1) is 9.72. The molecule has 102 valence electrons. The maximum atomic E-state index is 10.9. The van der Waals surface area contributed by atoms with Gasteiger partial charge in [0.15, 0.2) is 0 Å². The first kappa shape index (κ1) is 13.1. The van der Waals surface area contributed by atoms with Crippen molar-refractivity contribution in [3.8, 4) is 0 Å². The normalized spacial score (nSPS) is 14.6. The highest BCUT2D eigenvalue weighted by atomic mass is 32.2. The number of para-hydroxylation sites is 1. The van der Waals surface area contributed by atoms with Crippen molar-refractivity contribution in [1.29, 1.82) is 0 Å². The van der Waals surface area contributed by atoms with Gasteiger partial charge in [-0.15, -0.1) is 0 Å². The van der Waals surface area contributed by atoms with E-state index in [1.807, 2.05) is 36.4 Å². The Kier molecular flexibility index (Phi) is 3.67. The molecule has 1 unspecified atom stereocenters. The van der Waals surface area contributed by atoms with Crippen LogP contribution >= 0.6 is 0 Å². The van der Waals surface area contributed by atoms with E-state index in [4.69, 9.17) is 0 Å². The van der Waals surface area contributed by atoms with Crippen LogP contribution in [0.15, 0.2) is 54.2 Å². The summed E-state index contributed by atoms with van der Waals surface area (Å²) in [6.07, 6.45) is 2.96. The van der Waals surface area contributed by atoms with Gasteiger partial charge in [0.25, 0.3) is 0 Å². The summed E-state index contributed by atoms with van der Waals surface area (Å²) in [5.41, 5.74) is 5.25. The lowest BCUT2D eigenvalue weighted by atomic mass is 10.1. The van der Waals surface area contributed by atoms with Crippen LogP contribution in [0.5, 0.6) is 0 Å². The molecule has 0 saturated carbocycles. The van der Waals surface area contributed by atoms with Gasteiger partial charge in [0.05, 0.1) is 0 Å². The quantitative estimate of drug-likeness (QED) is 0.878. The summed E-state index contributed by atoms with van der Waals surface area (Å²) in [5.74, 6) is 0.0312. The standard InChI is InChI=1S/C16H15NO2S/c18-20(19)11-14-7-3-4-8-16(14)17-15-9-12-5-1-2-6-13(12)10-15/h1-9,17H,10-11H2,(H,18,19)/p-1. The van der Waals surface area contributed by atoms with E-state index in [1.165, 1.54) is 11.1 Å². The highest BCUT2D eigenvalue weighted by Gasteiger charge is 2.12. The highest BCUT2D eigenvalue weighted by Crippen LogP contribution is 2.27. The van der Waals surface area contributed by atoms with Crippen molar-refractivity contribution in [3.63, 3.8) is 0 Å². The van der Waals surface area contributed by atoms with E-state index in [9.17, 15) is 8.76 Å². The van der Waals surface area contributed by atoms with Gasteiger partial charge in [0, 0.05) is 23.6 Å². The van der Waals surface area contributed by atoms with Crippen LogP contribution in [0, 0.1) is 0 Å². The molecule has 0 aliphatic heterocycles. The minimum atomic E-state index is -2.08. The molecule has 0 fully saturated rings. The molecule has 0 spiro atoms. The zero-order valence-electron chi connectivity index (χ0n) is 10.8. The Morgan fingerprint density at radius 2 is 1.85 bits per heavy atom. The Morgan fingerprint density at radius 3 is 2.65 bits per heavy atom. The Morgan fingerprint density at radius 1 is 1.10 bits per heavy atom. The van der Waals surface area contributed by atoms with Gasteiger partial charge in [-0.05, 0) is 28.8 Å². The fraction of sp³-hybridized carbons (Fsp3) is 0.125. The number of rotatable bonds is 4. The van der Waals surface area contributed by atoms with Crippen molar-refractivity contribution in [1.82, 2.24) is 0 Å². The molecule has 0 heterocycles. The average Bonchev–Trinajstić information content (AvgIpc) is 2.82. The average molecular weight is 284 g/mol. The molecule has 0 saturated heterocycles. The summed E-state index contributed by atoms with van der Waals surface area (Å²) in [4.78, 5) is 0. The number of anilines is 1. The molecule has 1 aliphatic rings. The van der Waals surface area contributed by atoms with Crippen LogP contribution < -0.4 is 5.32 Å². The molecule has 4 heteroatoms. The predicted molar refractivity (Wildman–Crippen MR) is 80.8 cm³/mol. The Bertz CT molecular complexity index is 694. The molecule has 1 atom stereocenters. The second kappa shape index (κ2) is 5.61. The van der Waals surface area contributed by atoms with Gasteiger partial charge in [-0.1, -0.05) is 53.5 Å². The molecule has 3 rings (SSSR count). The van der Waals surface area contributed by atoms with Crippen LogP contribution in [0.3, 0.4) is 0 Å². The maximum absolute atomic E-state index is 10.9. The topological polar surface area (TPSA) is 52.2 Å². The summed E-state index contributed by atoms with van der Waals surface area (Å²) in [6, 6.07) is 15.7. The minimum absolute atomic E-state index is 0.0312. The third-order valence-corrected chi connectivity index (χ3v) is 3.90. The van der Waals surface area contributed by atoms with E-state index in [2.05, 4.69) is 23.5 Å². The number of hydrogen-bond donors (Lipinski definition) is 1. The van der Waals surface area contributed by atoms with Crippen LogP contribution in [-0.2, 0) is 23.3 Å². The first-order valence-electron chi connectivity index (χ1n) is 6.41. The van der Waals surface area contributed by atoms with Gasteiger partial charge in [-0.3, -0.25) is 4.21 Å². The smallest absolute Gasteiger partial charge is 0.0423 e. The van der Waals surface area contributed by atoms with Crippen LogP contribution in [0.1, 0.15) is 16.7 Å². The van der Waals surface area contributed by atoms with Crippen molar-refractivity contribution >= 4 is 22.8 Å². The predicted octanol–water partition coefficient (Wildman–Crippen LogP) is 3.07. The third kappa shape index (κ3) is 2.81. The Labute approximate surface area is 120 Å². The molecule has 1 N–H and O–H groups in total. The molecule has 0 radical (unpaired) electrons. The summed E-state index contributed by atoms with van der Waals surface area (Å²) >= 11 is -2.08. The van der Waals surface area contributed by atoms with Gasteiger partial charge >= 0.3 is 0 Å². The molecule has 1 aliphatic carbocycles. The van der Waals surface area contributed by atoms with Crippen molar-refractivity contribution < 1.29 is 8.76 Å². The lowest BCUT2D eigenvalue weighted by Crippen LogP contribution is -2.04. The minimum Gasteiger partial charge on any atom is -0.772 e. The largest absolute Gasteiger partial charge is 0.772 e. The number of hydrogen-bond acceptors (Lipinski definition) is 3.